The quantitative estimate of drug-likeness (QED) is 0.604. The van der Waals surface area contributed by atoms with E-state index in [0.29, 0.717) is 40.9 Å². The highest BCUT2D eigenvalue weighted by Gasteiger charge is 2.64. The molecular formula is C26H44O3. The summed E-state index contributed by atoms with van der Waals surface area (Å²) in [5, 5.41) is 19.5. The SMILES string of the molecule is CC1CC2CC(O)CCC2(C)C2CC(C)C3(C)C(C(C)CCC(=O)O)CCC3C12. The molecule has 2 N–H and O–H groups in total. The van der Waals surface area contributed by atoms with E-state index < -0.39 is 5.97 Å². The van der Waals surface area contributed by atoms with E-state index in [-0.39, 0.29) is 6.10 Å². The Labute approximate surface area is 178 Å². The Balaban J connectivity index is 1.61. The van der Waals surface area contributed by atoms with Crippen LogP contribution in [-0.2, 0) is 4.79 Å². The molecule has 4 aliphatic rings. The normalized spacial score (nSPS) is 52.9. The van der Waals surface area contributed by atoms with E-state index in [4.69, 9.17) is 0 Å². The van der Waals surface area contributed by atoms with Gasteiger partial charge in [0.25, 0.3) is 0 Å². The fourth-order valence-electron chi connectivity index (χ4n) is 9.48. The number of fused-ring (bicyclic) bond motifs is 5. The average molecular weight is 405 g/mol. The molecule has 166 valence electrons. The number of carboxylic acid groups (broad SMARTS) is 1. The third-order valence-corrected chi connectivity index (χ3v) is 11.2. The minimum absolute atomic E-state index is 0.0750. The van der Waals surface area contributed by atoms with Gasteiger partial charge < -0.3 is 10.2 Å². The summed E-state index contributed by atoms with van der Waals surface area (Å²) in [6.45, 7) is 12.5. The van der Waals surface area contributed by atoms with E-state index in [0.717, 1.165) is 42.9 Å². The number of carboxylic acids is 1. The van der Waals surface area contributed by atoms with Crippen LogP contribution in [0.2, 0.25) is 0 Å². The van der Waals surface area contributed by atoms with Gasteiger partial charge in [0, 0.05) is 6.42 Å². The van der Waals surface area contributed by atoms with Crippen molar-refractivity contribution < 1.29 is 15.0 Å². The molecule has 0 aromatic heterocycles. The summed E-state index contributed by atoms with van der Waals surface area (Å²) in [5.74, 6) is 5.14. The van der Waals surface area contributed by atoms with Crippen molar-refractivity contribution in [3.8, 4) is 0 Å². The van der Waals surface area contributed by atoms with E-state index in [1.54, 1.807) is 0 Å². The second kappa shape index (κ2) is 7.53. The monoisotopic (exact) mass is 404 g/mol. The van der Waals surface area contributed by atoms with Crippen LogP contribution < -0.4 is 0 Å². The second-order valence-electron chi connectivity index (χ2n) is 12.2. The Kier molecular flexibility index (Phi) is 5.63. The number of aliphatic hydroxyl groups excluding tert-OH is 1. The molecule has 3 heteroatoms. The first-order valence-corrected chi connectivity index (χ1v) is 12.5. The summed E-state index contributed by atoms with van der Waals surface area (Å²) in [7, 11) is 0. The fourth-order valence-corrected chi connectivity index (χ4v) is 9.48. The maximum Gasteiger partial charge on any atom is 0.303 e. The lowest BCUT2D eigenvalue weighted by molar-refractivity contribution is -0.168. The van der Waals surface area contributed by atoms with E-state index in [2.05, 4.69) is 34.6 Å². The molecule has 4 fully saturated rings. The maximum absolute atomic E-state index is 11.2. The summed E-state index contributed by atoms with van der Waals surface area (Å²) in [6.07, 6.45) is 9.58. The molecule has 3 nitrogen and oxygen atoms in total. The third-order valence-electron chi connectivity index (χ3n) is 11.2. The lowest BCUT2D eigenvalue weighted by Crippen LogP contribution is -2.58. The smallest absolute Gasteiger partial charge is 0.303 e. The van der Waals surface area contributed by atoms with Crippen LogP contribution in [0.1, 0.15) is 92.4 Å². The Bertz CT molecular complexity index is 631. The summed E-state index contributed by atoms with van der Waals surface area (Å²) in [6, 6.07) is 0. The summed E-state index contributed by atoms with van der Waals surface area (Å²) in [4.78, 5) is 11.2. The highest BCUT2D eigenvalue weighted by molar-refractivity contribution is 5.66. The zero-order valence-corrected chi connectivity index (χ0v) is 19.4. The predicted octanol–water partition coefficient (Wildman–Crippen LogP) is 6.00. The van der Waals surface area contributed by atoms with Crippen molar-refractivity contribution in [1.29, 1.82) is 0 Å². The van der Waals surface area contributed by atoms with Gasteiger partial charge in [0.2, 0.25) is 0 Å². The lowest BCUT2D eigenvalue weighted by Gasteiger charge is -2.64. The molecule has 0 bridgehead atoms. The summed E-state index contributed by atoms with van der Waals surface area (Å²) in [5.41, 5.74) is 0.781. The number of rotatable bonds is 4. The number of hydrogen-bond donors (Lipinski definition) is 2. The molecule has 0 aromatic carbocycles. The van der Waals surface area contributed by atoms with Crippen LogP contribution in [0.25, 0.3) is 0 Å². The second-order valence-corrected chi connectivity index (χ2v) is 12.2. The van der Waals surface area contributed by atoms with E-state index in [1.807, 2.05) is 0 Å². The van der Waals surface area contributed by atoms with Crippen molar-refractivity contribution >= 4 is 5.97 Å². The molecule has 4 saturated carbocycles. The molecular weight excluding hydrogens is 360 g/mol. The first kappa shape index (κ1) is 21.7. The van der Waals surface area contributed by atoms with Crippen molar-refractivity contribution in [2.75, 3.05) is 0 Å². The maximum atomic E-state index is 11.2. The topological polar surface area (TPSA) is 57.5 Å². The molecule has 0 spiro atoms. The molecule has 0 saturated heterocycles. The van der Waals surface area contributed by atoms with Gasteiger partial charge in [-0.2, -0.15) is 0 Å². The predicted molar refractivity (Wildman–Crippen MR) is 116 cm³/mol. The van der Waals surface area contributed by atoms with Crippen molar-refractivity contribution in [3.63, 3.8) is 0 Å². The summed E-state index contributed by atoms with van der Waals surface area (Å²) >= 11 is 0. The van der Waals surface area contributed by atoms with Crippen LogP contribution in [0.15, 0.2) is 0 Å². The lowest BCUT2D eigenvalue weighted by atomic mass is 9.40. The molecule has 11 atom stereocenters. The zero-order valence-electron chi connectivity index (χ0n) is 19.4. The Morgan fingerprint density at radius 3 is 2.48 bits per heavy atom. The van der Waals surface area contributed by atoms with E-state index >= 15 is 0 Å². The minimum Gasteiger partial charge on any atom is -0.481 e. The fraction of sp³-hybridized carbons (Fsp3) is 0.962. The van der Waals surface area contributed by atoms with Gasteiger partial charge in [-0.05, 0) is 110 Å². The Morgan fingerprint density at radius 2 is 1.79 bits per heavy atom. The van der Waals surface area contributed by atoms with Gasteiger partial charge in [0.05, 0.1) is 6.10 Å². The van der Waals surface area contributed by atoms with E-state index in [9.17, 15) is 15.0 Å². The molecule has 4 rings (SSSR count). The standard InChI is InChI=1S/C26H44O3/c1-15(6-9-23(28)29)20-7-8-21-24-16(2)12-18-14-19(27)10-11-25(18,4)22(24)13-17(3)26(20,21)5/h15-22,24,27H,6-14H2,1-5H3,(H,28,29). The number of aliphatic hydroxyl groups is 1. The van der Waals surface area contributed by atoms with Gasteiger partial charge in [0.1, 0.15) is 0 Å². The minimum atomic E-state index is -0.646. The number of aliphatic carboxylic acids is 1. The van der Waals surface area contributed by atoms with E-state index in [1.165, 1.54) is 32.1 Å². The van der Waals surface area contributed by atoms with Crippen molar-refractivity contribution in [2.24, 2.45) is 58.2 Å². The highest BCUT2D eigenvalue weighted by atomic mass is 16.4. The van der Waals surface area contributed by atoms with Gasteiger partial charge in [-0.1, -0.05) is 34.6 Å². The molecule has 0 amide bonds. The van der Waals surface area contributed by atoms with Crippen LogP contribution >= 0.6 is 0 Å². The van der Waals surface area contributed by atoms with Crippen LogP contribution in [0.5, 0.6) is 0 Å². The largest absolute Gasteiger partial charge is 0.481 e. The highest BCUT2D eigenvalue weighted by Crippen LogP contribution is 2.70. The van der Waals surface area contributed by atoms with Crippen molar-refractivity contribution in [3.05, 3.63) is 0 Å². The van der Waals surface area contributed by atoms with Crippen LogP contribution in [0, 0.1) is 58.2 Å². The zero-order chi connectivity index (χ0) is 21.1. The third kappa shape index (κ3) is 3.29. The van der Waals surface area contributed by atoms with Gasteiger partial charge in [-0.25, -0.2) is 0 Å². The average Bonchev–Trinajstić information content (AvgIpc) is 3.01. The molecule has 4 aliphatic carbocycles. The first-order valence-electron chi connectivity index (χ1n) is 12.5. The Morgan fingerprint density at radius 1 is 1.07 bits per heavy atom. The van der Waals surface area contributed by atoms with Gasteiger partial charge in [-0.15, -0.1) is 0 Å². The van der Waals surface area contributed by atoms with Crippen LogP contribution in [0.3, 0.4) is 0 Å². The molecule has 29 heavy (non-hydrogen) atoms. The number of carbonyl (C=O) groups is 1. The molecule has 0 radical (unpaired) electrons. The van der Waals surface area contributed by atoms with Gasteiger partial charge >= 0.3 is 5.97 Å². The van der Waals surface area contributed by atoms with Gasteiger partial charge in [0.15, 0.2) is 0 Å². The molecule has 0 aliphatic heterocycles. The summed E-state index contributed by atoms with van der Waals surface area (Å²) < 4.78 is 0. The Hall–Kier alpha value is -0.570. The van der Waals surface area contributed by atoms with Crippen molar-refractivity contribution in [1.82, 2.24) is 0 Å². The molecule has 11 unspecified atom stereocenters. The van der Waals surface area contributed by atoms with Crippen molar-refractivity contribution in [2.45, 2.75) is 98.5 Å². The van der Waals surface area contributed by atoms with Crippen LogP contribution in [-0.4, -0.2) is 22.3 Å². The van der Waals surface area contributed by atoms with Crippen LogP contribution in [0.4, 0.5) is 0 Å². The molecule has 0 aromatic rings. The molecule has 0 heterocycles. The number of hydrogen-bond acceptors (Lipinski definition) is 2. The first-order chi connectivity index (χ1) is 13.6. The van der Waals surface area contributed by atoms with Gasteiger partial charge in [-0.3, -0.25) is 4.79 Å².